The van der Waals surface area contributed by atoms with Gasteiger partial charge in [-0.15, -0.1) is 12.4 Å². The van der Waals surface area contributed by atoms with Crippen LogP contribution in [-0.4, -0.2) is 29.9 Å². The van der Waals surface area contributed by atoms with Gasteiger partial charge in [-0.3, -0.25) is 4.79 Å². The topological polar surface area (TPSA) is 46.3 Å². The molecule has 3 rings (SSSR count). The molecule has 1 fully saturated rings. The number of hydrogen-bond acceptors (Lipinski definition) is 2. The Bertz CT molecular complexity index is 750. The minimum atomic E-state index is -0.272. The maximum Gasteiger partial charge on any atom is 0.254 e. The van der Waals surface area contributed by atoms with E-state index in [1.165, 1.54) is 12.1 Å². The van der Waals surface area contributed by atoms with Gasteiger partial charge in [0.25, 0.3) is 5.91 Å². The normalized spacial score (nSPS) is 17.1. The third kappa shape index (κ3) is 4.20. The van der Waals surface area contributed by atoms with Crippen LogP contribution in [0.3, 0.4) is 0 Å². The fourth-order valence-electron chi connectivity index (χ4n) is 3.40. The molecule has 25 heavy (non-hydrogen) atoms. The van der Waals surface area contributed by atoms with Crippen LogP contribution in [0, 0.1) is 12.7 Å². The van der Waals surface area contributed by atoms with Crippen molar-refractivity contribution in [1.82, 2.24) is 4.90 Å². The Morgan fingerprint density at radius 2 is 2.04 bits per heavy atom. The van der Waals surface area contributed by atoms with Crippen molar-refractivity contribution in [3.8, 4) is 11.1 Å². The highest BCUT2D eigenvalue weighted by Crippen LogP contribution is 2.26. The number of aryl methyl sites for hydroxylation is 1. The number of likely N-dealkylation sites (tertiary alicyclic amines) is 1. The van der Waals surface area contributed by atoms with E-state index < -0.39 is 0 Å². The second-order valence-corrected chi connectivity index (χ2v) is 6.42. The molecule has 2 aromatic carbocycles. The summed E-state index contributed by atoms with van der Waals surface area (Å²) in [4.78, 5) is 14.8. The number of carbonyl (C=O) groups excluding carboxylic acids is 1. The smallest absolute Gasteiger partial charge is 0.254 e. The van der Waals surface area contributed by atoms with Crippen molar-refractivity contribution in [1.29, 1.82) is 0 Å². The fourth-order valence-corrected chi connectivity index (χ4v) is 3.40. The fraction of sp³-hybridized carbons (Fsp3) is 0.350. The standard InChI is InChI=1S/C20H23FN2O.ClH/c1-14-8-9-17(21)12-19(14)15-5-4-6-16(11-15)20(24)23-10-3-2-7-18(23)13-22;/h4-6,8-9,11-12,18H,2-3,7,10,13,22H2,1H3;1H. The first-order valence-electron chi connectivity index (χ1n) is 8.48. The molecular formula is C20H24ClFN2O. The first-order chi connectivity index (χ1) is 11.6. The molecule has 0 aliphatic carbocycles. The Labute approximate surface area is 154 Å². The van der Waals surface area contributed by atoms with Crippen LogP contribution in [0.4, 0.5) is 4.39 Å². The zero-order chi connectivity index (χ0) is 17.1. The summed E-state index contributed by atoms with van der Waals surface area (Å²) < 4.78 is 13.6. The van der Waals surface area contributed by atoms with Gasteiger partial charge in [0, 0.05) is 24.7 Å². The Morgan fingerprint density at radius 1 is 1.24 bits per heavy atom. The molecule has 1 atom stereocenters. The predicted molar refractivity (Wildman–Crippen MR) is 102 cm³/mol. The summed E-state index contributed by atoms with van der Waals surface area (Å²) in [6, 6.07) is 12.3. The number of amides is 1. The van der Waals surface area contributed by atoms with Crippen molar-refractivity contribution in [3.05, 3.63) is 59.4 Å². The van der Waals surface area contributed by atoms with Crippen molar-refractivity contribution < 1.29 is 9.18 Å². The predicted octanol–water partition coefficient (Wildman–Crippen LogP) is 4.18. The van der Waals surface area contributed by atoms with E-state index in [-0.39, 0.29) is 30.2 Å². The molecule has 0 saturated carbocycles. The van der Waals surface area contributed by atoms with Crippen LogP contribution < -0.4 is 5.73 Å². The summed E-state index contributed by atoms with van der Waals surface area (Å²) in [6.45, 7) is 3.19. The molecule has 0 bridgehead atoms. The molecule has 134 valence electrons. The van der Waals surface area contributed by atoms with E-state index in [4.69, 9.17) is 5.73 Å². The van der Waals surface area contributed by atoms with E-state index in [1.54, 1.807) is 6.07 Å². The number of benzene rings is 2. The molecule has 1 saturated heterocycles. The number of hydrogen-bond donors (Lipinski definition) is 1. The summed E-state index contributed by atoms with van der Waals surface area (Å²) >= 11 is 0. The minimum absolute atomic E-state index is 0. The molecule has 0 spiro atoms. The highest BCUT2D eigenvalue weighted by Gasteiger charge is 2.26. The van der Waals surface area contributed by atoms with Gasteiger partial charge in [-0.05, 0) is 67.1 Å². The SMILES string of the molecule is Cc1ccc(F)cc1-c1cccc(C(=O)N2CCCCC2CN)c1.Cl. The molecule has 1 aliphatic heterocycles. The molecule has 1 aliphatic rings. The first-order valence-corrected chi connectivity index (χ1v) is 8.48. The van der Waals surface area contributed by atoms with Crippen molar-refractivity contribution >= 4 is 18.3 Å². The summed E-state index contributed by atoms with van der Waals surface area (Å²) in [5.74, 6) is -0.257. The molecule has 3 nitrogen and oxygen atoms in total. The van der Waals surface area contributed by atoms with Gasteiger partial charge in [0.2, 0.25) is 0 Å². The number of piperidine rings is 1. The van der Waals surface area contributed by atoms with Crippen LogP contribution in [0.2, 0.25) is 0 Å². The largest absolute Gasteiger partial charge is 0.334 e. The summed E-state index contributed by atoms with van der Waals surface area (Å²) in [5.41, 5.74) is 9.13. The lowest BCUT2D eigenvalue weighted by atomic mass is 9.97. The Hall–Kier alpha value is -1.91. The van der Waals surface area contributed by atoms with Gasteiger partial charge in [-0.2, -0.15) is 0 Å². The van der Waals surface area contributed by atoms with Crippen molar-refractivity contribution in [3.63, 3.8) is 0 Å². The van der Waals surface area contributed by atoms with Crippen LogP contribution >= 0.6 is 12.4 Å². The number of rotatable bonds is 3. The lowest BCUT2D eigenvalue weighted by Crippen LogP contribution is -2.47. The highest BCUT2D eigenvalue weighted by molar-refractivity contribution is 5.96. The van der Waals surface area contributed by atoms with Crippen LogP contribution in [0.5, 0.6) is 0 Å². The zero-order valence-electron chi connectivity index (χ0n) is 14.4. The van der Waals surface area contributed by atoms with Gasteiger partial charge in [0.05, 0.1) is 0 Å². The molecule has 1 amide bonds. The zero-order valence-corrected chi connectivity index (χ0v) is 15.2. The third-order valence-corrected chi connectivity index (χ3v) is 4.78. The van der Waals surface area contributed by atoms with E-state index in [2.05, 4.69) is 0 Å². The van der Waals surface area contributed by atoms with Crippen molar-refractivity contribution in [2.24, 2.45) is 5.73 Å². The highest BCUT2D eigenvalue weighted by atomic mass is 35.5. The average molecular weight is 363 g/mol. The monoisotopic (exact) mass is 362 g/mol. The number of nitrogens with two attached hydrogens (primary N) is 1. The van der Waals surface area contributed by atoms with Crippen molar-refractivity contribution in [2.45, 2.75) is 32.2 Å². The number of halogens is 2. The van der Waals surface area contributed by atoms with E-state index in [9.17, 15) is 9.18 Å². The van der Waals surface area contributed by atoms with Crippen LogP contribution in [0.1, 0.15) is 35.2 Å². The average Bonchev–Trinajstić information content (AvgIpc) is 2.63. The number of nitrogens with zero attached hydrogens (tertiary/aromatic N) is 1. The van der Waals surface area contributed by atoms with Gasteiger partial charge in [-0.25, -0.2) is 4.39 Å². The third-order valence-electron chi connectivity index (χ3n) is 4.78. The van der Waals surface area contributed by atoms with Gasteiger partial charge in [0.1, 0.15) is 5.82 Å². The lowest BCUT2D eigenvalue weighted by Gasteiger charge is -2.35. The van der Waals surface area contributed by atoms with E-state index in [1.807, 2.05) is 36.1 Å². The number of carbonyl (C=O) groups is 1. The summed E-state index contributed by atoms with van der Waals surface area (Å²) in [6.07, 6.45) is 3.10. The van der Waals surface area contributed by atoms with Crippen LogP contribution in [0.25, 0.3) is 11.1 Å². The van der Waals surface area contributed by atoms with E-state index >= 15 is 0 Å². The molecule has 2 aromatic rings. The molecule has 2 N–H and O–H groups in total. The van der Waals surface area contributed by atoms with Crippen molar-refractivity contribution in [2.75, 3.05) is 13.1 Å². The van der Waals surface area contributed by atoms with E-state index in [0.717, 1.165) is 42.5 Å². The maximum absolute atomic E-state index is 13.6. The first kappa shape index (κ1) is 19.4. The molecular weight excluding hydrogens is 339 g/mol. The quantitative estimate of drug-likeness (QED) is 0.890. The van der Waals surface area contributed by atoms with Gasteiger partial charge in [-0.1, -0.05) is 18.2 Å². The van der Waals surface area contributed by atoms with E-state index in [0.29, 0.717) is 12.1 Å². The Balaban J connectivity index is 0.00000225. The second kappa shape index (κ2) is 8.45. The minimum Gasteiger partial charge on any atom is -0.334 e. The molecule has 1 heterocycles. The lowest BCUT2D eigenvalue weighted by molar-refractivity contribution is 0.0623. The molecule has 1 unspecified atom stereocenters. The van der Waals surface area contributed by atoms with Gasteiger partial charge >= 0.3 is 0 Å². The second-order valence-electron chi connectivity index (χ2n) is 6.42. The van der Waals surface area contributed by atoms with Gasteiger partial charge < -0.3 is 10.6 Å². The van der Waals surface area contributed by atoms with Crippen LogP contribution in [-0.2, 0) is 0 Å². The maximum atomic E-state index is 13.6. The Morgan fingerprint density at radius 3 is 2.80 bits per heavy atom. The molecule has 5 heteroatoms. The van der Waals surface area contributed by atoms with Gasteiger partial charge in [0.15, 0.2) is 0 Å². The molecule has 0 aromatic heterocycles. The summed E-state index contributed by atoms with van der Waals surface area (Å²) in [5, 5.41) is 0. The Kier molecular flexibility index (Phi) is 6.57. The summed E-state index contributed by atoms with van der Waals surface area (Å²) in [7, 11) is 0. The van der Waals surface area contributed by atoms with Crippen LogP contribution in [0.15, 0.2) is 42.5 Å². The molecule has 0 radical (unpaired) electrons.